The van der Waals surface area contributed by atoms with E-state index in [1.807, 2.05) is 17.8 Å². The Kier molecular flexibility index (Phi) is 4.59. The maximum atomic E-state index is 5.42. The lowest BCUT2D eigenvalue weighted by Gasteiger charge is -2.02. The summed E-state index contributed by atoms with van der Waals surface area (Å²) in [6.45, 7) is 4.83. The van der Waals surface area contributed by atoms with Crippen molar-refractivity contribution in [3.05, 3.63) is 12.4 Å². The van der Waals surface area contributed by atoms with E-state index in [1.165, 1.54) is 0 Å². The van der Waals surface area contributed by atoms with Gasteiger partial charge in [-0.1, -0.05) is 5.92 Å². The van der Waals surface area contributed by atoms with Gasteiger partial charge in [-0.3, -0.25) is 4.68 Å². The number of rotatable bonds is 6. The largest absolute Gasteiger partial charge is 0.489 e. The van der Waals surface area contributed by atoms with Crippen LogP contribution in [-0.2, 0) is 6.54 Å². The minimum Gasteiger partial charge on any atom is -0.489 e. The zero-order valence-electron chi connectivity index (χ0n) is 8.36. The van der Waals surface area contributed by atoms with Gasteiger partial charge in [-0.25, -0.2) is 0 Å². The van der Waals surface area contributed by atoms with Gasteiger partial charge in [0.1, 0.15) is 6.61 Å². The van der Waals surface area contributed by atoms with Gasteiger partial charge in [0.05, 0.1) is 18.9 Å². The normalized spacial score (nSPS) is 9.71. The second-order valence-corrected chi connectivity index (χ2v) is 2.76. The summed E-state index contributed by atoms with van der Waals surface area (Å²) in [4.78, 5) is 0. The maximum Gasteiger partial charge on any atom is 0.157 e. The number of aromatic nitrogens is 2. The lowest BCUT2D eigenvalue weighted by Crippen LogP contribution is -2.20. The number of nitrogens with zero attached hydrogens (tertiary/aromatic N) is 2. The highest BCUT2D eigenvalue weighted by atomic mass is 16.5. The van der Waals surface area contributed by atoms with Crippen LogP contribution in [0, 0.1) is 12.3 Å². The van der Waals surface area contributed by atoms with E-state index in [4.69, 9.17) is 11.2 Å². The van der Waals surface area contributed by atoms with E-state index in [0.717, 1.165) is 18.8 Å². The molecule has 0 spiro atoms. The third-order valence-electron chi connectivity index (χ3n) is 1.71. The lowest BCUT2D eigenvalue weighted by atomic mass is 10.6. The fourth-order valence-electron chi connectivity index (χ4n) is 0.994. The van der Waals surface area contributed by atoms with Crippen LogP contribution in [-0.4, -0.2) is 29.5 Å². The van der Waals surface area contributed by atoms with Crippen LogP contribution >= 0.6 is 0 Å². The van der Waals surface area contributed by atoms with E-state index in [2.05, 4.69) is 16.3 Å². The smallest absolute Gasteiger partial charge is 0.157 e. The van der Waals surface area contributed by atoms with Crippen LogP contribution in [0.15, 0.2) is 12.4 Å². The molecule has 4 nitrogen and oxygen atoms in total. The molecule has 0 aliphatic carbocycles. The van der Waals surface area contributed by atoms with E-state index in [0.29, 0.717) is 13.2 Å². The van der Waals surface area contributed by atoms with E-state index in [1.54, 1.807) is 6.20 Å². The predicted molar refractivity (Wildman–Crippen MR) is 55.1 cm³/mol. The molecular weight excluding hydrogens is 178 g/mol. The summed E-state index contributed by atoms with van der Waals surface area (Å²) in [7, 11) is 0. The van der Waals surface area contributed by atoms with Gasteiger partial charge in [0.15, 0.2) is 5.75 Å². The average molecular weight is 193 g/mol. The van der Waals surface area contributed by atoms with Gasteiger partial charge in [-0.2, -0.15) is 5.10 Å². The third-order valence-corrected chi connectivity index (χ3v) is 1.71. The van der Waals surface area contributed by atoms with Crippen molar-refractivity contribution in [3.63, 3.8) is 0 Å². The van der Waals surface area contributed by atoms with Crippen LogP contribution in [0.5, 0.6) is 5.75 Å². The lowest BCUT2D eigenvalue weighted by molar-refractivity contribution is 0.316. The molecule has 1 aromatic rings. The Balaban J connectivity index is 2.15. The van der Waals surface area contributed by atoms with Crippen LogP contribution in [0.1, 0.15) is 6.92 Å². The van der Waals surface area contributed by atoms with Crippen molar-refractivity contribution >= 4 is 0 Å². The number of aryl methyl sites for hydroxylation is 1. The van der Waals surface area contributed by atoms with Gasteiger partial charge in [0, 0.05) is 13.1 Å². The highest BCUT2D eigenvalue weighted by Crippen LogP contribution is 2.06. The molecule has 0 unspecified atom stereocenters. The van der Waals surface area contributed by atoms with Crippen LogP contribution in [0.2, 0.25) is 0 Å². The highest BCUT2D eigenvalue weighted by molar-refractivity contribution is 5.11. The first-order chi connectivity index (χ1) is 6.86. The molecule has 0 saturated heterocycles. The van der Waals surface area contributed by atoms with Gasteiger partial charge in [0.2, 0.25) is 0 Å². The van der Waals surface area contributed by atoms with E-state index in [9.17, 15) is 0 Å². The Hall–Kier alpha value is -1.47. The average Bonchev–Trinajstić information content (AvgIpc) is 2.65. The molecule has 0 fully saturated rings. The Morgan fingerprint density at radius 1 is 1.71 bits per heavy atom. The summed E-state index contributed by atoms with van der Waals surface area (Å²) in [5, 5.41) is 7.13. The number of nitrogens with one attached hydrogen (secondary N) is 1. The minimum absolute atomic E-state index is 0.581. The highest BCUT2D eigenvalue weighted by Gasteiger charge is 1.96. The van der Waals surface area contributed by atoms with Gasteiger partial charge < -0.3 is 10.1 Å². The molecule has 1 N–H and O–H groups in total. The van der Waals surface area contributed by atoms with E-state index in [-0.39, 0.29) is 0 Å². The molecule has 0 aromatic carbocycles. The van der Waals surface area contributed by atoms with Crippen molar-refractivity contribution in [3.8, 4) is 18.1 Å². The van der Waals surface area contributed by atoms with Crippen molar-refractivity contribution in [1.29, 1.82) is 0 Å². The molecule has 0 saturated carbocycles. The summed E-state index contributed by atoms with van der Waals surface area (Å²) >= 11 is 0. The van der Waals surface area contributed by atoms with Crippen molar-refractivity contribution in [1.82, 2.24) is 15.1 Å². The number of hydrogen-bond acceptors (Lipinski definition) is 3. The maximum absolute atomic E-state index is 5.42. The Morgan fingerprint density at radius 3 is 3.21 bits per heavy atom. The number of ether oxygens (including phenoxy) is 1. The SMILES string of the molecule is C#CCNCCOc1cnn(CC)c1. The third kappa shape index (κ3) is 3.50. The first-order valence-corrected chi connectivity index (χ1v) is 4.66. The molecule has 0 radical (unpaired) electrons. The fraction of sp³-hybridized carbons (Fsp3) is 0.500. The Bertz CT molecular complexity index is 301. The second-order valence-electron chi connectivity index (χ2n) is 2.76. The minimum atomic E-state index is 0.581. The second kappa shape index (κ2) is 6.06. The number of terminal acetylenes is 1. The van der Waals surface area contributed by atoms with Crippen molar-refractivity contribution in [2.75, 3.05) is 19.7 Å². The molecule has 76 valence electrons. The zero-order valence-corrected chi connectivity index (χ0v) is 8.36. The molecule has 1 rings (SSSR count). The van der Waals surface area contributed by atoms with Gasteiger partial charge in [-0.05, 0) is 6.92 Å². The van der Waals surface area contributed by atoms with Crippen LogP contribution in [0.25, 0.3) is 0 Å². The molecule has 0 atom stereocenters. The quantitative estimate of drug-likeness (QED) is 0.528. The van der Waals surface area contributed by atoms with Crippen LogP contribution in [0.4, 0.5) is 0 Å². The molecule has 0 aliphatic rings. The van der Waals surface area contributed by atoms with Crippen molar-refractivity contribution in [2.45, 2.75) is 13.5 Å². The molecular formula is C10H15N3O. The Labute approximate surface area is 84.3 Å². The number of hydrogen-bond donors (Lipinski definition) is 1. The van der Waals surface area contributed by atoms with Gasteiger partial charge >= 0.3 is 0 Å². The Morgan fingerprint density at radius 2 is 2.57 bits per heavy atom. The molecule has 0 amide bonds. The van der Waals surface area contributed by atoms with E-state index >= 15 is 0 Å². The summed E-state index contributed by atoms with van der Waals surface area (Å²) in [5.74, 6) is 3.30. The molecule has 1 aromatic heterocycles. The van der Waals surface area contributed by atoms with Gasteiger partial charge in [-0.15, -0.1) is 6.42 Å². The molecule has 14 heavy (non-hydrogen) atoms. The fourth-order valence-corrected chi connectivity index (χ4v) is 0.994. The van der Waals surface area contributed by atoms with Gasteiger partial charge in [0.25, 0.3) is 0 Å². The molecule has 0 aliphatic heterocycles. The summed E-state index contributed by atoms with van der Waals surface area (Å²) in [6, 6.07) is 0. The van der Waals surface area contributed by atoms with E-state index < -0.39 is 0 Å². The van der Waals surface area contributed by atoms with Crippen LogP contribution in [0.3, 0.4) is 0 Å². The summed E-state index contributed by atoms with van der Waals surface area (Å²) in [5.41, 5.74) is 0. The molecule has 0 bridgehead atoms. The monoisotopic (exact) mass is 193 g/mol. The van der Waals surface area contributed by atoms with Crippen LogP contribution < -0.4 is 10.1 Å². The first kappa shape index (κ1) is 10.6. The molecule has 1 heterocycles. The van der Waals surface area contributed by atoms with Crippen molar-refractivity contribution in [2.24, 2.45) is 0 Å². The zero-order chi connectivity index (χ0) is 10.2. The summed E-state index contributed by atoms with van der Waals surface area (Å²) < 4.78 is 7.24. The standard InChI is InChI=1S/C10H15N3O/c1-3-5-11-6-7-14-10-8-12-13(4-2)9-10/h1,8-9,11H,4-7H2,2H3. The topological polar surface area (TPSA) is 39.1 Å². The predicted octanol–water partition coefficient (Wildman–Crippen LogP) is 0.505. The van der Waals surface area contributed by atoms with Crippen molar-refractivity contribution < 1.29 is 4.74 Å². The first-order valence-electron chi connectivity index (χ1n) is 4.66. The molecule has 4 heteroatoms. The summed E-state index contributed by atoms with van der Waals surface area (Å²) in [6.07, 6.45) is 8.67.